The number of benzene rings is 1. The summed E-state index contributed by atoms with van der Waals surface area (Å²) in [5, 5.41) is 1.12. The topological polar surface area (TPSA) is 22.0 Å². The number of halogens is 1. The third kappa shape index (κ3) is 1.61. The van der Waals surface area contributed by atoms with Gasteiger partial charge in [0.25, 0.3) is 5.56 Å². The van der Waals surface area contributed by atoms with Crippen molar-refractivity contribution in [2.75, 3.05) is 0 Å². The van der Waals surface area contributed by atoms with Crippen molar-refractivity contribution < 1.29 is 0 Å². The Hall–Kier alpha value is -1.09. The maximum atomic E-state index is 11.6. The van der Waals surface area contributed by atoms with Gasteiger partial charge in [-0.25, -0.2) is 0 Å². The zero-order valence-corrected chi connectivity index (χ0v) is 10.6. The molecule has 0 saturated carbocycles. The van der Waals surface area contributed by atoms with Gasteiger partial charge in [-0.15, -0.1) is 0 Å². The number of pyridine rings is 1. The molecule has 1 aromatic heterocycles. The average molecular weight is 266 g/mol. The monoisotopic (exact) mass is 265 g/mol. The predicted molar refractivity (Wildman–Crippen MR) is 66.4 cm³/mol. The molecule has 0 bridgehead atoms. The molecule has 0 aliphatic rings. The Labute approximate surface area is 96.7 Å². The zero-order valence-electron chi connectivity index (χ0n) is 8.97. The minimum atomic E-state index is 0.0433. The van der Waals surface area contributed by atoms with Crippen LogP contribution in [0.4, 0.5) is 0 Å². The molecule has 0 aliphatic heterocycles. The molecule has 0 spiro atoms. The number of nitrogens with zero attached hydrogens (tertiary/aromatic N) is 1. The summed E-state index contributed by atoms with van der Waals surface area (Å²) in [5.41, 5.74) is 3.19. The molecule has 1 aromatic carbocycles. The van der Waals surface area contributed by atoms with E-state index in [0.29, 0.717) is 0 Å². The SMILES string of the molecule is Cc1cc2c(cc1Br)c(C)cc(=O)n2C. The second kappa shape index (κ2) is 3.49. The molecule has 15 heavy (non-hydrogen) atoms. The van der Waals surface area contributed by atoms with Crippen molar-refractivity contribution >= 4 is 26.8 Å². The van der Waals surface area contributed by atoms with Crippen LogP contribution in [0.5, 0.6) is 0 Å². The summed E-state index contributed by atoms with van der Waals surface area (Å²) in [6.45, 7) is 3.99. The van der Waals surface area contributed by atoms with Crippen LogP contribution in [0.1, 0.15) is 11.1 Å². The first-order chi connectivity index (χ1) is 7.00. The van der Waals surface area contributed by atoms with E-state index in [1.54, 1.807) is 17.7 Å². The van der Waals surface area contributed by atoms with E-state index in [4.69, 9.17) is 0 Å². The molecule has 3 heteroatoms. The Bertz CT molecular complexity index is 599. The summed E-state index contributed by atoms with van der Waals surface area (Å²) >= 11 is 3.51. The van der Waals surface area contributed by atoms with Gasteiger partial charge in [0.1, 0.15) is 0 Å². The molecular formula is C12H12BrNO. The molecule has 0 atom stereocenters. The van der Waals surface area contributed by atoms with Crippen LogP contribution in [0.2, 0.25) is 0 Å². The highest BCUT2D eigenvalue weighted by atomic mass is 79.9. The lowest BCUT2D eigenvalue weighted by atomic mass is 10.1. The highest BCUT2D eigenvalue weighted by Gasteiger charge is 2.05. The number of aryl methyl sites for hydroxylation is 3. The lowest BCUT2D eigenvalue weighted by Gasteiger charge is -2.09. The molecule has 2 aromatic rings. The van der Waals surface area contributed by atoms with Crippen molar-refractivity contribution in [2.24, 2.45) is 7.05 Å². The second-order valence-corrected chi connectivity index (χ2v) is 4.70. The van der Waals surface area contributed by atoms with E-state index in [0.717, 1.165) is 26.5 Å². The number of aromatic nitrogens is 1. The zero-order chi connectivity index (χ0) is 11.2. The Balaban J connectivity index is 3.04. The van der Waals surface area contributed by atoms with Crippen LogP contribution in [-0.4, -0.2) is 4.57 Å². The van der Waals surface area contributed by atoms with Crippen LogP contribution in [0.15, 0.2) is 27.5 Å². The van der Waals surface area contributed by atoms with Gasteiger partial charge in [-0.2, -0.15) is 0 Å². The quantitative estimate of drug-likeness (QED) is 0.718. The van der Waals surface area contributed by atoms with Gasteiger partial charge in [-0.3, -0.25) is 4.79 Å². The predicted octanol–water partition coefficient (Wildman–Crippen LogP) is 2.92. The summed E-state index contributed by atoms with van der Waals surface area (Å²) in [6, 6.07) is 5.78. The summed E-state index contributed by atoms with van der Waals surface area (Å²) in [7, 11) is 1.80. The maximum absolute atomic E-state index is 11.6. The standard InChI is InChI=1S/C12H12BrNO/c1-7-5-12(15)14(3)11-4-8(2)10(13)6-9(7)11/h4-6H,1-3H3. The van der Waals surface area contributed by atoms with Crippen LogP contribution < -0.4 is 5.56 Å². The minimum Gasteiger partial charge on any atom is -0.311 e. The van der Waals surface area contributed by atoms with Crippen molar-refractivity contribution in [2.45, 2.75) is 13.8 Å². The minimum absolute atomic E-state index is 0.0433. The maximum Gasteiger partial charge on any atom is 0.251 e. The fourth-order valence-electron chi connectivity index (χ4n) is 1.74. The molecule has 0 amide bonds. The number of hydrogen-bond donors (Lipinski definition) is 0. The highest BCUT2D eigenvalue weighted by Crippen LogP contribution is 2.24. The lowest BCUT2D eigenvalue weighted by Crippen LogP contribution is -2.16. The van der Waals surface area contributed by atoms with E-state index in [-0.39, 0.29) is 5.56 Å². The van der Waals surface area contributed by atoms with Gasteiger partial charge >= 0.3 is 0 Å². The van der Waals surface area contributed by atoms with Gasteiger partial charge in [0.2, 0.25) is 0 Å². The summed E-state index contributed by atoms with van der Waals surface area (Å²) in [6.07, 6.45) is 0. The second-order valence-electron chi connectivity index (χ2n) is 3.84. The Morgan fingerprint density at radius 3 is 2.47 bits per heavy atom. The van der Waals surface area contributed by atoms with Crippen LogP contribution in [0.25, 0.3) is 10.9 Å². The van der Waals surface area contributed by atoms with E-state index in [1.807, 2.05) is 19.9 Å². The van der Waals surface area contributed by atoms with Crippen LogP contribution in [-0.2, 0) is 7.05 Å². The first-order valence-corrected chi connectivity index (χ1v) is 5.56. The van der Waals surface area contributed by atoms with Crippen molar-refractivity contribution in [3.63, 3.8) is 0 Å². The molecule has 0 aliphatic carbocycles. The van der Waals surface area contributed by atoms with Gasteiger partial charge in [0.15, 0.2) is 0 Å². The van der Waals surface area contributed by atoms with E-state index in [1.165, 1.54) is 0 Å². The Morgan fingerprint density at radius 1 is 1.13 bits per heavy atom. The number of rotatable bonds is 0. The molecule has 2 rings (SSSR count). The van der Waals surface area contributed by atoms with E-state index >= 15 is 0 Å². The Morgan fingerprint density at radius 2 is 1.80 bits per heavy atom. The molecule has 0 fully saturated rings. The smallest absolute Gasteiger partial charge is 0.251 e. The van der Waals surface area contributed by atoms with E-state index in [2.05, 4.69) is 22.0 Å². The van der Waals surface area contributed by atoms with E-state index < -0.39 is 0 Å². The molecule has 0 radical (unpaired) electrons. The average Bonchev–Trinajstić information content (AvgIpc) is 2.18. The third-order valence-corrected chi connectivity index (χ3v) is 3.59. The third-order valence-electron chi connectivity index (χ3n) is 2.73. The highest BCUT2D eigenvalue weighted by molar-refractivity contribution is 9.10. The van der Waals surface area contributed by atoms with Gasteiger partial charge in [0, 0.05) is 23.0 Å². The van der Waals surface area contributed by atoms with Crippen molar-refractivity contribution in [3.05, 3.63) is 44.2 Å². The normalized spacial score (nSPS) is 10.9. The molecular weight excluding hydrogens is 254 g/mol. The lowest BCUT2D eigenvalue weighted by molar-refractivity contribution is 0.902. The van der Waals surface area contributed by atoms with Gasteiger partial charge < -0.3 is 4.57 Å². The van der Waals surface area contributed by atoms with Crippen LogP contribution in [0, 0.1) is 13.8 Å². The van der Waals surface area contributed by atoms with Crippen molar-refractivity contribution in [1.29, 1.82) is 0 Å². The summed E-state index contributed by atoms with van der Waals surface area (Å²) in [4.78, 5) is 11.6. The number of fused-ring (bicyclic) bond motifs is 1. The molecule has 2 nitrogen and oxygen atoms in total. The Kier molecular flexibility index (Phi) is 2.43. The molecule has 0 saturated heterocycles. The largest absolute Gasteiger partial charge is 0.311 e. The fraction of sp³-hybridized carbons (Fsp3) is 0.250. The van der Waals surface area contributed by atoms with Crippen molar-refractivity contribution in [3.8, 4) is 0 Å². The first-order valence-electron chi connectivity index (χ1n) is 4.77. The first kappa shape index (κ1) is 10.4. The summed E-state index contributed by atoms with van der Waals surface area (Å²) in [5.74, 6) is 0. The molecule has 0 unspecified atom stereocenters. The molecule has 1 heterocycles. The fourth-order valence-corrected chi connectivity index (χ4v) is 2.08. The van der Waals surface area contributed by atoms with Crippen LogP contribution in [0.3, 0.4) is 0 Å². The van der Waals surface area contributed by atoms with E-state index in [9.17, 15) is 4.79 Å². The number of hydrogen-bond acceptors (Lipinski definition) is 1. The molecule has 78 valence electrons. The van der Waals surface area contributed by atoms with Gasteiger partial charge in [0.05, 0.1) is 5.52 Å². The van der Waals surface area contributed by atoms with Gasteiger partial charge in [-0.1, -0.05) is 15.9 Å². The van der Waals surface area contributed by atoms with Crippen molar-refractivity contribution in [1.82, 2.24) is 4.57 Å². The molecule has 0 N–H and O–H groups in total. The van der Waals surface area contributed by atoms with Gasteiger partial charge in [-0.05, 0) is 37.1 Å². The van der Waals surface area contributed by atoms with Crippen LogP contribution >= 0.6 is 15.9 Å². The summed E-state index contributed by atoms with van der Waals surface area (Å²) < 4.78 is 2.76.